The fourth-order valence-electron chi connectivity index (χ4n) is 3.48. The van der Waals surface area contributed by atoms with Gasteiger partial charge in [0.15, 0.2) is 23.3 Å². The zero-order valence-corrected chi connectivity index (χ0v) is 14.9. The molecule has 0 unspecified atom stereocenters. The van der Waals surface area contributed by atoms with E-state index in [1.54, 1.807) is 25.1 Å². The van der Waals surface area contributed by atoms with Crippen molar-refractivity contribution in [2.45, 2.75) is 13.5 Å². The minimum Gasteiger partial charge on any atom is -0.366 e. The maximum atomic E-state index is 14.3. The van der Waals surface area contributed by atoms with Crippen molar-refractivity contribution in [1.29, 1.82) is 0 Å². The highest BCUT2D eigenvalue weighted by atomic mass is 19.2. The number of aromatic nitrogens is 1. The number of primary amides is 1. The van der Waals surface area contributed by atoms with Crippen molar-refractivity contribution in [2.75, 3.05) is 0 Å². The summed E-state index contributed by atoms with van der Waals surface area (Å²) in [5.74, 6) is -10.8. The number of hydrogen-bond acceptors (Lipinski definition) is 1. The smallest absolute Gasteiger partial charge is 0.249 e. The molecule has 0 aliphatic heterocycles. The van der Waals surface area contributed by atoms with E-state index in [0.717, 1.165) is 5.56 Å². The summed E-state index contributed by atoms with van der Waals surface area (Å²) < 4.78 is 70.6. The van der Waals surface area contributed by atoms with Gasteiger partial charge in [-0.3, -0.25) is 4.79 Å². The number of fused-ring (bicyclic) bond motifs is 3. The topological polar surface area (TPSA) is 48.0 Å². The molecule has 8 heteroatoms. The summed E-state index contributed by atoms with van der Waals surface area (Å²) in [6.45, 7) is 1.11. The van der Waals surface area contributed by atoms with Crippen LogP contribution >= 0.6 is 0 Å². The first-order valence-corrected chi connectivity index (χ1v) is 8.45. The van der Waals surface area contributed by atoms with Gasteiger partial charge in [0.2, 0.25) is 11.7 Å². The number of aryl methyl sites for hydroxylation is 1. The molecule has 29 heavy (non-hydrogen) atoms. The summed E-state index contributed by atoms with van der Waals surface area (Å²) >= 11 is 0. The monoisotopic (exact) mass is 403 g/mol. The predicted octanol–water partition coefficient (Wildman–Crippen LogP) is 4.75. The van der Waals surface area contributed by atoms with E-state index in [2.05, 4.69) is 6.07 Å². The number of hydrogen-bond donors (Lipinski definition) is 1. The Balaban J connectivity index is 2.09. The van der Waals surface area contributed by atoms with Crippen molar-refractivity contribution in [3.8, 4) is 0 Å². The Labute approximate surface area is 161 Å². The van der Waals surface area contributed by atoms with Crippen molar-refractivity contribution in [3.63, 3.8) is 0 Å². The van der Waals surface area contributed by atoms with Crippen LogP contribution in [-0.2, 0) is 6.54 Å². The van der Waals surface area contributed by atoms with Gasteiger partial charge in [0.25, 0.3) is 0 Å². The lowest BCUT2D eigenvalue weighted by molar-refractivity contribution is 0.100. The van der Waals surface area contributed by atoms with E-state index in [0.29, 0.717) is 21.8 Å². The van der Waals surface area contributed by atoms with Crippen molar-refractivity contribution >= 4 is 27.7 Å². The first kappa shape index (κ1) is 18.9. The van der Waals surface area contributed by atoms with E-state index in [9.17, 15) is 26.7 Å². The van der Waals surface area contributed by atoms with E-state index in [1.807, 2.05) is 0 Å². The Hall–Kier alpha value is -3.42. The second kappa shape index (κ2) is 6.58. The molecule has 0 saturated heterocycles. The van der Waals surface area contributed by atoms with Crippen LogP contribution in [-0.4, -0.2) is 10.5 Å². The zero-order valence-electron chi connectivity index (χ0n) is 14.9. The first-order valence-electron chi connectivity index (χ1n) is 8.45. The Morgan fingerprint density at radius 3 is 2.24 bits per heavy atom. The lowest BCUT2D eigenvalue weighted by Gasteiger charge is -2.12. The van der Waals surface area contributed by atoms with Crippen LogP contribution < -0.4 is 5.73 Å². The molecule has 147 valence electrons. The van der Waals surface area contributed by atoms with Crippen LogP contribution in [0.15, 0.2) is 30.3 Å². The minimum atomic E-state index is -2.22. The van der Waals surface area contributed by atoms with Crippen LogP contribution in [0.25, 0.3) is 21.8 Å². The molecule has 0 aliphatic rings. The third-order valence-electron chi connectivity index (χ3n) is 4.82. The van der Waals surface area contributed by atoms with Crippen LogP contribution in [0, 0.1) is 42.1 Å². The summed E-state index contributed by atoms with van der Waals surface area (Å²) in [6.07, 6.45) is 0. The Kier molecular flexibility index (Phi) is 4.29. The van der Waals surface area contributed by atoms with Gasteiger partial charge in [-0.15, -0.1) is 0 Å². The fraction of sp³-hybridized carbons (Fsp3) is 0.0952. The van der Waals surface area contributed by atoms with E-state index in [4.69, 9.17) is 5.73 Å². The molecule has 0 fully saturated rings. The van der Waals surface area contributed by atoms with Crippen LogP contribution in [0.1, 0.15) is 21.5 Å². The van der Waals surface area contributed by atoms with E-state index < -0.39 is 47.1 Å². The lowest BCUT2D eigenvalue weighted by Crippen LogP contribution is -2.12. The van der Waals surface area contributed by atoms with Gasteiger partial charge in [-0.25, -0.2) is 22.0 Å². The first-order chi connectivity index (χ1) is 13.7. The van der Waals surface area contributed by atoms with Gasteiger partial charge in [-0.2, -0.15) is 0 Å². The van der Waals surface area contributed by atoms with E-state index in [-0.39, 0.29) is 5.56 Å². The largest absolute Gasteiger partial charge is 0.366 e. The predicted molar refractivity (Wildman–Crippen MR) is 96.9 cm³/mol. The normalized spacial score (nSPS) is 11.5. The van der Waals surface area contributed by atoms with Crippen molar-refractivity contribution in [1.82, 2.24) is 4.57 Å². The lowest BCUT2D eigenvalue weighted by atomic mass is 10.1. The molecular weight excluding hydrogens is 391 g/mol. The summed E-state index contributed by atoms with van der Waals surface area (Å²) in [4.78, 5) is 11.9. The summed E-state index contributed by atoms with van der Waals surface area (Å²) in [6, 6.07) is 10.9. The number of amides is 1. The fourth-order valence-corrected chi connectivity index (χ4v) is 3.48. The molecule has 1 aromatic heterocycles. The van der Waals surface area contributed by atoms with Gasteiger partial charge in [0.1, 0.15) is 0 Å². The van der Waals surface area contributed by atoms with E-state index >= 15 is 0 Å². The number of nitrogens with two attached hydrogens (primary N) is 1. The van der Waals surface area contributed by atoms with Gasteiger partial charge in [0, 0.05) is 21.9 Å². The highest BCUT2D eigenvalue weighted by molar-refractivity contribution is 6.17. The van der Waals surface area contributed by atoms with Gasteiger partial charge in [-0.1, -0.05) is 12.1 Å². The van der Waals surface area contributed by atoms with Crippen molar-refractivity contribution in [3.05, 3.63) is 82.2 Å². The number of carbonyl (C=O) groups excluding carboxylic acids is 1. The molecule has 3 aromatic carbocycles. The van der Waals surface area contributed by atoms with E-state index in [1.165, 1.54) is 16.7 Å². The van der Waals surface area contributed by atoms with Gasteiger partial charge >= 0.3 is 0 Å². The standard InChI is InChI=1S/C21H12F5N2O/c1-9-5-6-10-14(7-9)28(13-4-2-3-11(15(10)13)21(27)29)8-12-16(22)18(24)20(26)19(25)17(12)23/h2-5,7H,8H2,1H3,(H2,27,29). The molecule has 0 saturated carbocycles. The number of nitrogens with zero attached hydrogens (tertiary/aromatic N) is 1. The summed E-state index contributed by atoms with van der Waals surface area (Å²) in [5, 5.41) is 0.836. The molecular formula is C21H12F5N2O. The van der Waals surface area contributed by atoms with Crippen molar-refractivity contribution < 1.29 is 26.7 Å². The van der Waals surface area contributed by atoms with Gasteiger partial charge in [-0.05, 0) is 36.8 Å². The number of carbonyl (C=O) groups is 1. The highest BCUT2D eigenvalue weighted by Gasteiger charge is 2.27. The molecule has 0 bridgehead atoms. The van der Waals surface area contributed by atoms with Crippen LogP contribution in [0.2, 0.25) is 0 Å². The number of halogens is 5. The molecule has 0 aliphatic carbocycles. The van der Waals surface area contributed by atoms with Gasteiger partial charge in [0.05, 0.1) is 17.6 Å². The molecule has 3 nitrogen and oxygen atoms in total. The SMILES string of the molecule is Cc1c[c]c2c3c(C(N)=O)cccc3n(Cc3c(F)c(F)c(F)c(F)c3F)c2c1. The van der Waals surface area contributed by atoms with Crippen molar-refractivity contribution in [2.24, 2.45) is 5.73 Å². The maximum Gasteiger partial charge on any atom is 0.249 e. The second-order valence-electron chi connectivity index (χ2n) is 6.64. The number of benzene rings is 3. The third kappa shape index (κ3) is 2.74. The maximum absolute atomic E-state index is 14.3. The molecule has 1 heterocycles. The average Bonchev–Trinajstić information content (AvgIpc) is 3.00. The average molecular weight is 403 g/mol. The Bertz CT molecular complexity index is 1300. The molecule has 1 amide bonds. The second-order valence-corrected chi connectivity index (χ2v) is 6.64. The quantitative estimate of drug-likeness (QED) is 0.300. The Morgan fingerprint density at radius 1 is 1.00 bits per heavy atom. The molecule has 4 rings (SSSR count). The molecule has 2 N–H and O–H groups in total. The number of rotatable bonds is 3. The van der Waals surface area contributed by atoms with Crippen LogP contribution in [0.3, 0.4) is 0 Å². The summed E-state index contributed by atoms with van der Waals surface area (Å²) in [7, 11) is 0. The minimum absolute atomic E-state index is 0.156. The van der Waals surface area contributed by atoms with Crippen LogP contribution in [0.5, 0.6) is 0 Å². The molecule has 0 spiro atoms. The third-order valence-corrected chi connectivity index (χ3v) is 4.82. The van der Waals surface area contributed by atoms with Gasteiger partial charge < -0.3 is 10.3 Å². The molecule has 1 radical (unpaired) electrons. The molecule has 0 atom stereocenters. The zero-order chi connectivity index (χ0) is 21.0. The molecule has 4 aromatic rings. The Morgan fingerprint density at radius 2 is 1.62 bits per heavy atom. The summed E-state index contributed by atoms with van der Waals surface area (Å²) in [5.41, 5.74) is 6.13. The highest BCUT2D eigenvalue weighted by Crippen LogP contribution is 2.34. The van der Waals surface area contributed by atoms with Crippen LogP contribution in [0.4, 0.5) is 22.0 Å².